The van der Waals surface area contributed by atoms with Gasteiger partial charge in [0.25, 0.3) is 10.0 Å². The number of benzene rings is 3. The van der Waals surface area contributed by atoms with Crippen molar-refractivity contribution in [3.05, 3.63) is 65.7 Å². The van der Waals surface area contributed by atoms with Gasteiger partial charge in [-0.3, -0.25) is 9.52 Å². The lowest BCUT2D eigenvalue weighted by atomic mass is 10.1. The Morgan fingerprint density at radius 2 is 1.74 bits per heavy atom. The lowest BCUT2D eigenvalue weighted by Crippen LogP contribution is -2.17. The molecule has 0 fully saturated rings. The van der Waals surface area contributed by atoms with Gasteiger partial charge in [-0.25, -0.2) is 8.42 Å². The second-order valence-electron chi connectivity index (χ2n) is 5.99. The highest BCUT2D eigenvalue weighted by Crippen LogP contribution is 2.32. The summed E-state index contributed by atoms with van der Waals surface area (Å²) in [5.41, 5.74) is 6.40. The van der Waals surface area contributed by atoms with Gasteiger partial charge in [-0.1, -0.05) is 30.3 Å². The summed E-state index contributed by atoms with van der Waals surface area (Å²) >= 11 is 0. The van der Waals surface area contributed by atoms with E-state index in [1.807, 2.05) is 19.1 Å². The fourth-order valence-electron chi connectivity index (χ4n) is 2.97. The SMILES string of the molecule is CCOc1ccc(S(=O)(=O)Nc2cccc(C(N)=O)c2C)c2ccccc12. The van der Waals surface area contributed by atoms with Crippen molar-refractivity contribution in [3.8, 4) is 5.75 Å². The Kier molecular flexibility index (Phi) is 5.05. The van der Waals surface area contributed by atoms with Crippen LogP contribution in [0.15, 0.2) is 59.5 Å². The molecular formula is C20H20N2O4S. The van der Waals surface area contributed by atoms with E-state index < -0.39 is 15.9 Å². The summed E-state index contributed by atoms with van der Waals surface area (Å²) in [7, 11) is -3.89. The van der Waals surface area contributed by atoms with Gasteiger partial charge in [-0.2, -0.15) is 0 Å². The molecule has 0 aliphatic rings. The summed E-state index contributed by atoms with van der Waals surface area (Å²) in [6.45, 7) is 4.00. The smallest absolute Gasteiger partial charge is 0.262 e. The molecular weight excluding hydrogens is 364 g/mol. The Morgan fingerprint density at radius 3 is 2.41 bits per heavy atom. The standard InChI is InChI=1S/C20H20N2O4S/c1-3-26-18-11-12-19(16-8-5-4-7-15(16)18)27(24,25)22-17-10-6-9-14(13(17)2)20(21)23/h4-12,22H,3H2,1-2H3,(H2,21,23). The van der Waals surface area contributed by atoms with Crippen LogP contribution in [0.1, 0.15) is 22.8 Å². The normalized spacial score (nSPS) is 11.3. The largest absolute Gasteiger partial charge is 0.493 e. The van der Waals surface area contributed by atoms with E-state index in [1.54, 1.807) is 43.3 Å². The summed E-state index contributed by atoms with van der Waals surface area (Å²) < 4.78 is 34.3. The fraction of sp³-hybridized carbons (Fsp3) is 0.150. The van der Waals surface area contributed by atoms with Gasteiger partial charge in [-0.05, 0) is 43.7 Å². The van der Waals surface area contributed by atoms with Crippen molar-refractivity contribution in [2.45, 2.75) is 18.7 Å². The van der Waals surface area contributed by atoms with E-state index in [2.05, 4.69) is 4.72 Å². The molecule has 1 amide bonds. The van der Waals surface area contributed by atoms with Crippen molar-refractivity contribution < 1.29 is 17.9 Å². The molecule has 0 bridgehead atoms. The van der Waals surface area contributed by atoms with Crippen LogP contribution in [0, 0.1) is 6.92 Å². The van der Waals surface area contributed by atoms with Crippen molar-refractivity contribution in [3.63, 3.8) is 0 Å². The molecule has 3 N–H and O–H groups in total. The van der Waals surface area contributed by atoms with E-state index in [0.717, 1.165) is 0 Å². The van der Waals surface area contributed by atoms with Gasteiger partial charge in [0, 0.05) is 16.3 Å². The summed E-state index contributed by atoms with van der Waals surface area (Å²) in [4.78, 5) is 11.6. The maximum Gasteiger partial charge on any atom is 0.262 e. The molecule has 0 heterocycles. The third-order valence-corrected chi connectivity index (χ3v) is 5.70. The van der Waals surface area contributed by atoms with Gasteiger partial charge >= 0.3 is 0 Å². The number of nitrogens with one attached hydrogen (secondary N) is 1. The van der Waals surface area contributed by atoms with Gasteiger partial charge in [0.05, 0.1) is 17.2 Å². The highest BCUT2D eigenvalue weighted by atomic mass is 32.2. The number of amides is 1. The first-order chi connectivity index (χ1) is 12.8. The third-order valence-electron chi connectivity index (χ3n) is 4.28. The Morgan fingerprint density at radius 1 is 1.04 bits per heavy atom. The molecule has 3 aromatic carbocycles. The molecule has 7 heteroatoms. The molecule has 0 saturated heterocycles. The second kappa shape index (κ2) is 7.28. The number of hydrogen-bond donors (Lipinski definition) is 2. The van der Waals surface area contributed by atoms with Crippen LogP contribution in [0.2, 0.25) is 0 Å². The van der Waals surface area contributed by atoms with Crippen LogP contribution >= 0.6 is 0 Å². The highest BCUT2D eigenvalue weighted by molar-refractivity contribution is 7.93. The Balaban J connectivity index is 2.10. The zero-order valence-electron chi connectivity index (χ0n) is 15.0. The number of carbonyl (C=O) groups is 1. The zero-order chi connectivity index (χ0) is 19.6. The number of nitrogens with two attached hydrogens (primary N) is 1. The van der Waals surface area contributed by atoms with Gasteiger partial charge in [0.1, 0.15) is 5.75 Å². The highest BCUT2D eigenvalue weighted by Gasteiger charge is 2.21. The van der Waals surface area contributed by atoms with E-state index in [-0.39, 0.29) is 10.5 Å². The molecule has 0 aliphatic carbocycles. The molecule has 0 aromatic heterocycles. The van der Waals surface area contributed by atoms with Crippen molar-refractivity contribution >= 4 is 32.4 Å². The van der Waals surface area contributed by atoms with Crippen LogP contribution in [-0.2, 0) is 10.0 Å². The Labute approximate surface area is 158 Å². The van der Waals surface area contributed by atoms with Gasteiger partial charge in [0.15, 0.2) is 0 Å². The third kappa shape index (κ3) is 3.59. The van der Waals surface area contributed by atoms with Crippen LogP contribution < -0.4 is 15.2 Å². The molecule has 3 rings (SSSR count). The summed E-state index contributed by atoms with van der Waals surface area (Å²) in [5.74, 6) is 0.0130. The number of hydrogen-bond acceptors (Lipinski definition) is 4. The molecule has 0 radical (unpaired) electrons. The molecule has 0 aliphatic heterocycles. The quantitative estimate of drug-likeness (QED) is 0.680. The number of anilines is 1. The topological polar surface area (TPSA) is 98.5 Å². The lowest BCUT2D eigenvalue weighted by molar-refractivity contribution is 0.0999. The molecule has 0 atom stereocenters. The fourth-order valence-corrected chi connectivity index (χ4v) is 4.31. The minimum Gasteiger partial charge on any atom is -0.493 e. The summed E-state index contributed by atoms with van der Waals surface area (Å²) in [5, 5.41) is 1.27. The van der Waals surface area contributed by atoms with Gasteiger partial charge in [0.2, 0.25) is 5.91 Å². The first-order valence-corrected chi connectivity index (χ1v) is 9.90. The monoisotopic (exact) mass is 384 g/mol. The molecule has 0 spiro atoms. The van der Waals surface area contributed by atoms with Crippen LogP contribution in [0.4, 0.5) is 5.69 Å². The number of carbonyl (C=O) groups excluding carboxylic acids is 1. The summed E-state index contributed by atoms with van der Waals surface area (Å²) in [6.07, 6.45) is 0. The van der Waals surface area contributed by atoms with Crippen LogP contribution in [0.3, 0.4) is 0 Å². The van der Waals surface area contributed by atoms with E-state index in [9.17, 15) is 13.2 Å². The molecule has 140 valence electrons. The molecule has 3 aromatic rings. The Hall–Kier alpha value is -3.06. The average molecular weight is 384 g/mol. The average Bonchev–Trinajstić information content (AvgIpc) is 2.63. The maximum atomic E-state index is 13.1. The lowest BCUT2D eigenvalue weighted by Gasteiger charge is -2.15. The number of fused-ring (bicyclic) bond motifs is 1. The maximum absolute atomic E-state index is 13.1. The minimum atomic E-state index is -3.89. The predicted octanol–water partition coefficient (Wildman–Crippen LogP) is 3.45. The zero-order valence-corrected chi connectivity index (χ0v) is 15.8. The van der Waals surface area contributed by atoms with Crippen molar-refractivity contribution in [1.82, 2.24) is 0 Å². The van der Waals surface area contributed by atoms with E-state index in [4.69, 9.17) is 10.5 Å². The second-order valence-corrected chi connectivity index (χ2v) is 7.64. The van der Waals surface area contributed by atoms with E-state index in [0.29, 0.717) is 34.4 Å². The Bertz CT molecular complexity index is 1120. The van der Waals surface area contributed by atoms with E-state index >= 15 is 0 Å². The first-order valence-electron chi connectivity index (χ1n) is 8.42. The number of sulfonamides is 1. The predicted molar refractivity (Wildman–Crippen MR) is 106 cm³/mol. The first kappa shape index (κ1) is 18.7. The van der Waals surface area contributed by atoms with Crippen LogP contribution in [0.25, 0.3) is 10.8 Å². The van der Waals surface area contributed by atoms with Crippen LogP contribution in [0.5, 0.6) is 5.75 Å². The molecule has 27 heavy (non-hydrogen) atoms. The van der Waals surface area contributed by atoms with E-state index in [1.165, 1.54) is 6.07 Å². The van der Waals surface area contributed by atoms with Gasteiger partial charge in [-0.15, -0.1) is 0 Å². The minimum absolute atomic E-state index is 0.130. The molecule has 0 unspecified atom stereocenters. The van der Waals surface area contributed by atoms with Crippen molar-refractivity contribution in [2.75, 3.05) is 11.3 Å². The number of primary amides is 1. The summed E-state index contributed by atoms with van der Waals surface area (Å²) in [6, 6.07) is 15.1. The van der Waals surface area contributed by atoms with Gasteiger partial charge < -0.3 is 10.5 Å². The van der Waals surface area contributed by atoms with Crippen molar-refractivity contribution in [2.24, 2.45) is 5.73 Å². The molecule has 6 nitrogen and oxygen atoms in total. The molecule has 0 saturated carbocycles. The van der Waals surface area contributed by atoms with Crippen LogP contribution in [-0.4, -0.2) is 20.9 Å². The number of ether oxygens (including phenoxy) is 1. The van der Waals surface area contributed by atoms with Crippen molar-refractivity contribution in [1.29, 1.82) is 0 Å². The number of rotatable bonds is 6.